The minimum absolute atomic E-state index is 0. The molecule has 0 amide bonds. The van der Waals surface area contributed by atoms with E-state index in [9.17, 15) is 8.42 Å². The maximum atomic E-state index is 12.0. The van der Waals surface area contributed by atoms with Crippen molar-refractivity contribution in [2.45, 2.75) is 18.7 Å². The monoisotopic (exact) mass is 291 g/mol. The standard InChI is InChI=1S/C11H13N3O3S.Na.H/c1-7-8(2)13-17-11(7)14-18(15,16)10-5-3-9(12)4-6-10;;/h3-6,14H,12H2,1-2H3;;/q;+1;-1. The van der Waals surface area contributed by atoms with E-state index in [0.29, 0.717) is 16.9 Å². The van der Waals surface area contributed by atoms with E-state index in [4.69, 9.17) is 10.3 Å². The van der Waals surface area contributed by atoms with Gasteiger partial charge in [0.1, 0.15) is 0 Å². The fourth-order valence-corrected chi connectivity index (χ4v) is 2.39. The molecule has 0 saturated carbocycles. The molecular weight excluding hydrogens is 277 g/mol. The van der Waals surface area contributed by atoms with E-state index in [1.54, 1.807) is 13.8 Å². The third kappa shape index (κ3) is 3.50. The van der Waals surface area contributed by atoms with Gasteiger partial charge in [-0.2, -0.15) is 0 Å². The van der Waals surface area contributed by atoms with Crippen molar-refractivity contribution in [1.29, 1.82) is 0 Å². The van der Waals surface area contributed by atoms with E-state index >= 15 is 0 Å². The summed E-state index contributed by atoms with van der Waals surface area (Å²) in [6.07, 6.45) is 0. The second kappa shape index (κ2) is 5.96. The molecule has 1 aromatic heterocycles. The van der Waals surface area contributed by atoms with Crippen molar-refractivity contribution in [2.75, 3.05) is 10.5 Å². The van der Waals surface area contributed by atoms with Gasteiger partial charge in [-0.1, -0.05) is 5.16 Å². The van der Waals surface area contributed by atoms with Gasteiger partial charge < -0.3 is 11.7 Å². The van der Waals surface area contributed by atoms with Gasteiger partial charge >= 0.3 is 29.6 Å². The Morgan fingerprint density at radius 2 is 1.84 bits per heavy atom. The van der Waals surface area contributed by atoms with Gasteiger partial charge in [0.05, 0.1) is 10.6 Å². The van der Waals surface area contributed by atoms with Crippen LogP contribution in [0.1, 0.15) is 12.7 Å². The number of aromatic nitrogens is 1. The average Bonchev–Trinajstić information content (AvgIpc) is 2.61. The number of rotatable bonds is 3. The third-order valence-corrected chi connectivity index (χ3v) is 3.92. The number of hydrogen-bond donors (Lipinski definition) is 2. The third-order valence-electron chi connectivity index (χ3n) is 2.57. The Morgan fingerprint density at radius 1 is 1.26 bits per heavy atom. The summed E-state index contributed by atoms with van der Waals surface area (Å²) >= 11 is 0. The van der Waals surface area contributed by atoms with Crippen LogP contribution in [0.2, 0.25) is 0 Å². The molecule has 2 rings (SSSR count). The van der Waals surface area contributed by atoms with E-state index < -0.39 is 10.0 Å². The fourth-order valence-electron chi connectivity index (χ4n) is 1.34. The molecule has 6 nitrogen and oxygen atoms in total. The number of nitrogens with zero attached hydrogens (tertiary/aromatic N) is 1. The molecule has 19 heavy (non-hydrogen) atoms. The molecule has 0 atom stereocenters. The number of nitrogens with one attached hydrogen (secondary N) is 1. The van der Waals surface area contributed by atoms with Gasteiger partial charge in [0.15, 0.2) is 0 Å². The first-order chi connectivity index (χ1) is 8.40. The summed E-state index contributed by atoms with van der Waals surface area (Å²) in [6, 6.07) is 5.90. The van der Waals surface area contributed by atoms with Crippen molar-refractivity contribution in [2.24, 2.45) is 0 Å². The van der Waals surface area contributed by atoms with Gasteiger partial charge in [0.2, 0.25) is 5.88 Å². The Balaban J connectivity index is 0.00000180. The topological polar surface area (TPSA) is 98.2 Å². The first kappa shape index (κ1) is 16.0. The molecule has 0 aliphatic carbocycles. The molecule has 3 N–H and O–H groups in total. The van der Waals surface area contributed by atoms with Gasteiger partial charge in [-0.25, -0.2) is 13.1 Å². The quantitative estimate of drug-likeness (QED) is 0.546. The largest absolute Gasteiger partial charge is 1.00 e. The first-order valence-corrected chi connectivity index (χ1v) is 6.70. The zero-order chi connectivity index (χ0) is 13.3. The summed E-state index contributed by atoms with van der Waals surface area (Å²) in [5.41, 5.74) is 7.31. The Morgan fingerprint density at radius 3 is 2.32 bits per heavy atom. The molecule has 98 valence electrons. The number of nitrogen functional groups attached to an aromatic ring is 1. The summed E-state index contributed by atoms with van der Waals surface area (Å²) in [5, 5.41) is 3.69. The minimum atomic E-state index is -3.68. The molecule has 0 bridgehead atoms. The van der Waals surface area contributed by atoms with E-state index in [-0.39, 0.29) is 41.8 Å². The Hall–Kier alpha value is -1.02. The van der Waals surface area contributed by atoms with Crippen LogP contribution in [0, 0.1) is 13.8 Å². The number of benzene rings is 1. The Labute approximate surface area is 135 Å². The van der Waals surface area contributed by atoms with Crippen molar-refractivity contribution in [1.82, 2.24) is 5.16 Å². The molecule has 0 aliphatic heterocycles. The second-order valence-electron chi connectivity index (χ2n) is 3.90. The van der Waals surface area contributed by atoms with Crippen LogP contribution in [-0.4, -0.2) is 13.6 Å². The number of sulfonamides is 1. The molecular formula is C11H14N3NaO3S. The van der Waals surface area contributed by atoms with Crippen LogP contribution in [0.15, 0.2) is 33.7 Å². The summed E-state index contributed by atoms with van der Waals surface area (Å²) in [6.45, 7) is 3.46. The van der Waals surface area contributed by atoms with E-state index in [0.717, 1.165) is 0 Å². The van der Waals surface area contributed by atoms with E-state index in [1.165, 1.54) is 24.3 Å². The van der Waals surface area contributed by atoms with Crippen LogP contribution in [-0.2, 0) is 10.0 Å². The van der Waals surface area contributed by atoms with Crippen molar-refractivity contribution in [3.8, 4) is 0 Å². The molecule has 0 fully saturated rings. The predicted molar refractivity (Wildman–Crippen MR) is 68.8 cm³/mol. The van der Waals surface area contributed by atoms with Gasteiger partial charge in [-0.15, -0.1) is 0 Å². The Bertz CT molecular complexity index is 671. The van der Waals surface area contributed by atoms with Crippen molar-refractivity contribution in [3.63, 3.8) is 0 Å². The van der Waals surface area contributed by atoms with E-state index in [2.05, 4.69) is 9.88 Å². The average molecular weight is 291 g/mol. The Kier molecular flexibility index (Phi) is 5.03. The van der Waals surface area contributed by atoms with Crippen LogP contribution in [0.5, 0.6) is 0 Å². The SMILES string of the molecule is Cc1noc(NS(=O)(=O)c2ccc(N)cc2)c1C.[H-].[Na+]. The molecule has 0 radical (unpaired) electrons. The van der Waals surface area contributed by atoms with Gasteiger partial charge in [-0.05, 0) is 38.1 Å². The molecule has 0 saturated heterocycles. The number of anilines is 2. The van der Waals surface area contributed by atoms with Crippen LogP contribution in [0.4, 0.5) is 11.6 Å². The molecule has 2 aromatic rings. The summed E-state index contributed by atoms with van der Waals surface area (Å²) in [7, 11) is -3.68. The fraction of sp³-hybridized carbons (Fsp3) is 0.182. The van der Waals surface area contributed by atoms with Gasteiger partial charge in [0.25, 0.3) is 10.0 Å². The van der Waals surface area contributed by atoms with Crippen molar-refractivity contribution >= 4 is 21.6 Å². The zero-order valence-electron chi connectivity index (χ0n) is 12.0. The van der Waals surface area contributed by atoms with Crippen molar-refractivity contribution in [3.05, 3.63) is 35.5 Å². The predicted octanol–water partition coefficient (Wildman–Crippen LogP) is -1.21. The number of aryl methyl sites for hydroxylation is 1. The second-order valence-corrected chi connectivity index (χ2v) is 5.58. The van der Waals surface area contributed by atoms with Crippen LogP contribution in [0.25, 0.3) is 0 Å². The summed E-state index contributed by atoms with van der Waals surface area (Å²) in [5.74, 6) is 0.129. The van der Waals surface area contributed by atoms with Crippen LogP contribution >= 0.6 is 0 Å². The zero-order valence-corrected chi connectivity index (χ0v) is 13.8. The van der Waals surface area contributed by atoms with Gasteiger partial charge in [0, 0.05) is 11.3 Å². The van der Waals surface area contributed by atoms with Gasteiger partial charge in [-0.3, -0.25) is 0 Å². The molecule has 1 heterocycles. The minimum Gasteiger partial charge on any atom is -1.00 e. The van der Waals surface area contributed by atoms with Crippen LogP contribution in [0.3, 0.4) is 0 Å². The maximum absolute atomic E-state index is 12.0. The van der Waals surface area contributed by atoms with Crippen molar-refractivity contribution < 1.29 is 43.9 Å². The number of hydrogen-bond acceptors (Lipinski definition) is 5. The molecule has 1 aromatic carbocycles. The first-order valence-electron chi connectivity index (χ1n) is 5.21. The maximum Gasteiger partial charge on any atom is 1.00 e. The molecule has 0 unspecified atom stereocenters. The number of nitrogens with two attached hydrogens (primary N) is 1. The van der Waals surface area contributed by atoms with Crippen LogP contribution < -0.4 is 40.0 Å². The molecule has 8 heteroatoms. The smallest absolute Gasteiger partial charge is 1.00 e. The normalized spacial score (nSPS) is 10.8. The summed E-state index contributed by atoms with van der Waals surface area (Å²) < 4.78 is 31.3. The molecule has 0 aliphatic rings. The van der Waals surface area contributed by atoms with E-state index in [1.807, 2.05) is 0 Å². The molecule has 0 spiro atoms. The summed E-state index contributed by atoms with van der Waals surface area (Å²) in [4.78, 5) is 0.116.